The smallest absolute Gasteiger partial charge is 0.309 e. The Morgan fingerprint density at radius 3 is 2.78 bits per heavy atom. The van der Waals surface area contributed by atoms with Crippen LogP contribution in [0.25, 0.3) is 10.9 Å². The molecule has 0 spiro atoms. The van der Waals surface area contributed by atoms with Gasteiger partial charge in [0.05, 0.1) is 36.5 Å². The van der Waals surface area contributed by atoms with Crippen molar-refractivity contribution < 1.29 is 23.1 Å². The zero-order valence-corrected chi connectivity index (χ0v) is 19.8. The molecule has 0 amide bonds. The number of sulfonamides is 1. The highest BCUT2D eigenvalue weighted by atomic mass is 32.2. The fraction of sp³-hybridized carbons (Fsp3) is 0.476. The number of ether oxygens (including phenoxy) is 1. The molecule has 0 aliphatic carbocycles. The number of hydrogen-bond donors (Lipinski definition) is 1. The summed E-state index contributed by atoms with van der Waals surface area (Å²) in [5, 5.41) is 15.1. The highest BCUT2D eigenvalue weighted by molar-refractivity contribution is 7.91. The fourth-order valence-electron chi connectivity index (χ4n) is 4.21. The Labute approximate surface area is 190 Å². The van der Waals surface area contributed by atoms with Crippen molar-refractivity contribution in [2.45, 2.75) is 43.9 Å². The number of thiazole rings is 1. The molecule has 9 nitrogen and oxygen atoms in total. The highest BCUT2D eigenvalue weighted by Gasteiger charge is 2.41. The van der Waals surface area contributed by atoms with E-state index in [1.54, 1.807) is 0 Å². The summed E-state index contributed by atoms with van der Waals surface area (Å²) in [7, 11) is -3.72. The van der Waals surface area contributed by atoms with E-state index in [0.29, 0.717) is 24.0 Å². The van der Waals surface area contributed by atoms with Crippen molar-refractivity contribution >= 4 is 38.2 Å². The molecule has 1 N–H and O–H groups in total. The normalized spacial score (nSPS) is 19.6. The van der Waals surface area contributed by atoms with Gasteiger partial charge in [0.1, 0.15) is 0 Å². The lowest BCUT2D eigenvalue weighted by Gasteiger charge is -2.18. The second-order valence-electron chi connectivity index (χ2n) is 7.92. The van der Waals surface area contributed by atoms with Crippen molar-refractivity contribution in [3.8, 4) is 5.19 Å². The number of carboxylic acids is 1. The summed E-state index contributed by atoms with van der Waals surface area (Å²) in [5.74, 6) is -0.902. The van der Waals surface area contributed by atoms with E-state index in [4.69, 9.17) is 4.74 Å². The van der Waals surface area contributed by atoms with Crippen LogP contribution in [-0.2, 0) is 21.2 Å². The summed E-state index contributed by atoms with van der Waals surface area (Å²) in [5.41, 5.74) is 2.36. The summed E-state index contributed by atoms with van der Waals surface area (Å²) >= 11 is 1.02. The molecule has 1 aliphatic heterocycles. The number of carbonyl (C=O) groups is 1. The Morgan fingerprint density at radius 2 is 2.09 bits per heavy atom. The van der Waals surface area contributed by atoms with E-state index in [1.807, 2.05) is 43.7 Å². The third kappa shape index (κ3) is 4.12. The molecule has 32 heavy (non-hydrogen) atoms. The van der Waals surface area contributed by atoms with Gasteiger partial charge in [-0.15, -0.1) is 0 Å². The van der Waals surface area contributed by atoms with E-state index >= 15 is 0 Å². The fourth-order valence-corrected chi connectivity index (χ4v) is 6.90. The number of nitrogens with zero attached hydrogens (tertiary/aromatic N) is 4. The average molecular weight is 479 g/mol. The standard InChI is InChI=1S/C21H26N4O5S2/c1-4-14-11-24(32(28,29)20-10-22-21(31-20)30-5-2)12-18(14)25-17-8-13(3)6-7-15(17)16(23-25)9-19(26)27/h6-8,10,14,18H,4-5,9,11-12H2,1-3H3,(H,26,27)/t14-,18+/m1/s1. The van der Waals surface area contributed by atoms with Gasteiger partial charge in [0.2, 0.25) is 0 Å². The van der Waals surface area contributed by atoms with Gasteiger partial charge in [0, 0.05) is 18.5 Å². The van der Waals surface area contributed by atoms with Crippen LogP contribution in [0.5, 0.6) is 5.19 Å². The van der Waals surface area contributed by atoms with Crippen molar-refractivity contribution in [3.05, 3.63) is 35.7 Å². The first-order valence-electron chi connectivity index (χ1n) is 10.5. The molecule has 1 aromatic carbocycles. The maximum absolute atomic E-state index is 13.3. The Kier molecular flexibility index (Phi) is 6.24. The first kappa shape index (κ1) is 22.7. The average Bonchev–Trinajstić information content (AvgIpc) is 3.45. The minimum atomic E-state index is -3.72. The number of fused-ring (bicyclic) bond motifs is 1. The van der Waals surface area contributed by atoms with E-state index in [9.17, 15) is 18.3 Å². The number of hydrogen-bond acceptors (Lipinski definition) is 7. The summed E-state index contributed by atoms with van der Waals surface area (Å²) < 4.78 is 35.4. The van der Waals surface area contributed by atoms with E-state index in [2.05, 4.69) is 10.1 Å². The van der Waals surface area contributed by atoms with Crippen LogP contribution in [0.1, 0.15) is 37.6 Å². The molecule has 3 heterocycles. The summed E-state index contributed by atoms with van der Waals surface area (Å²) in [6.45, 7) is 6.87. The summed E-state index contributed by atoms with van der Waals surface area (Å²) in [6.07, 6.45) is 1.93. The van der Waals surface area contributed by atoms with Crippen LogP contribution in [0, 0.1) is 12.8 Å². The highest BCUT2D eigenvalue weighted by Crippen LogP contribution is 2.38. The first-order valence-corrected chi connectivity index (χ1v) is 12.8. The minimum Gasteiger partial charge on any atom is -0.481 e. The van der Waals surface area contributed by atoms with Crippen molar-refractivity contribution in [1.29, 1.82) is 0 Å². The first-order chi connectivity index (χ1) is 15.2. The van der Waals surface area contributed by atoms with Gasteiger partial charge in [-0.05, 0) is 37.8 Å². The predicted octanol–water partition coefficient (Wildman–Crippen LogP) is 3.10. The SMILES string of the molecule is CCOc1ncc(S(=O)(=O)N2C[C@@H](CC)[C@@H](n3nc(CC(=O)O)c4ccc(C)cc43)C2)s1. The molecule has 2 atom stereocenters. The van der Waals surface area contributed by atoms with Gasteiger partial charge in [-0.3, -0.25) is 9.48 Å². The zero-order chi connectivity index (χ0) is 23.0. The molecule has 2 aromatic heterocycles. The molecule has 1 saturated heterocycles. The Hall–Kier alpha value is -2.50. The Balaban J connectivity index is 1.71. The van der Waals surface area contributed by atoms with Crippen LogP contribution in [0.4, 0.5) is 0 Å². The lowest BCUT2D eigenvalue weighted by molar-refractivity contribution is -0.136. The van der Waals surface area contributed by atoms with E-state index in [0.717, 1.165) is 34.2 Å². The number of aliphatic carboxylic acids is 1. The Morgan fingerprint density at radius 1 is 1.31 bits per heavy atom. The minimum absolute atomic E-state index is 0.0466. The number of aryl methyl sites for hydroxylation is 1. The predicted molar refractivity (Wildman–Crippen MR) is 121 cm³/mol. The molecule has 4 rings (SSSR count). The molecule has 3 aromatic rings. The van der Waals surface area contributed by atoms with Crippen LogP contribution in [0.15, 0.2) is 28.6 Å². The van der Waals surface area contributed by atoms with Gasteiger partial charge >= 0.3 is 5.97 Å². The third-order valence-electron chi connectivity index (χ3n) is 5.79. The maximum atomic E-state index is 13.3. The van der Waals surface area contributed by atoms with Gasteiger partial charge < -0.3 is 9.84 Å². The van der Waals surface area contributed by atoms with Crippen LogP contribution < -0.4 is 4.74 Å². The zero-order valence-electron chi connectivity index (χ0n) is 18.2. The van der Waals surface area contributed by atoms with Crippen LogP contribution in [0.2, 0.25) is 0 Å². The van der Waals surface area contributed by atoms with Crippen molar-refractivity contribution in [3.63, 3.8) is 0 Å². The van der Waals surface area contributed by atoms with E-state index in [1.165, 1.54) is 10.5 Å². The van der Waals surface area contributed by atoms with Crippen molar-refractivity contribution in [2.24, 2.45) is 5.92 Å². The van der Waals surface area contributed by atoms with Gasteiger partial charge in [-0.25, -0.2) is 13.4 Å². The van der Waals surface area contributed by atoms with Crippen molar-refractivity contribution in [2.75, 3.05) is 19.7 Å². The van der Waals surface area contributed by atoms with Crippen molar-refractivity contribution in [1.82, 2.24) is 19.1 Å². The Bertz CT molecular complexity index is 1250. The monoisotopic (exact) mass is 478 g/mol. The number of rotatable bonds is 8. The number of carboxylic acid groups (broad SMARTS) is 1. The number of aromatic nitrogens is 3. The number of benzene rings is 1. The molecule has 1 aliphatic rings. The second kappa shape index (κ2) is 8.80. The van der Waals surface area contributed by atoms with Crippen LogP contribution in [-0.4, -0.2) is 58.3 Å². The second-order valence-corrected chi connectivity index (χ2v) is 11.1. The molecule has 0 saturated carbocycles. The molecule has 1 fully saturated rings. The van der Waals surface area contributed by atoms with Crippen LogP contribution >= 0.6 is 11.3 Å². The third-order valence-corrected chi connectivity index (χ3v) is 8.97. The van der Waals surface area contributed by atoms with E-state index < -0.39 is 16.0 Å². The quantitative estimate of drug-likeness (QED) is 0.529. The maximum Gasteiger partial charge on any atom is 0.309 e. The van der Waals surface area contributed by atoms with Crippen LogP contribution in [0.3, 0.4) is 0 Å². The molecular weight excluding hydrogens is 452 g/mol. The molecule has 0 unspecified atom stereocenters. The molecular formula is C21H26N4O5S2. The lowest BCUT2D eigenvalue weighted by atomic mass is 10.0. The summed E-state index contributed by atoms with van der Waals surface area (Å²) in [6, 6.07) is 5.61. The molecule has 172 valence electrons. The summed E-state index contributed by atoms with van der Waals surface area (Å²) in [4.78, 5) is 15.4. The van der Waals surface area contributed by atoms with Gasteiger partial charge in [0.25, 0.3) is 15.2 Å². The molecule has 11 heteroatoms. The molecule has 0 bridgehead atoms. The van der Waals surface area contributed by atoms with Gasteiger partial charge in [-0.2, -0.15) is 9.40 Å². The van der Waals surface area contributed by atoms with E-state index in [-0.39, 0.29) is 29.1 Å². The topological polar surface area (TPSA) is 115 Å². The largest absolute Gasteiger partial charge is 0.481 e. The van der Waals surface area contributed by atoms with Gasteiger partial charge in [0.15, 0.2) is 4.21 Å². The van der Waals surface area contributed by atoms with Gasteiger partial charge in [-0.1, -0.05) is 30.4 Å². The molecule has 0 radical (unpaired) electrons. The lowest BCUT2D eigenvalue weighted by Crippen LogP contribution is -2.29.